The minimum absolute atomic E-state index is 0.0908. The Kier molecular flexibility index (Phi) is 3.72. The third-order valence-electron chi connectivity index (χ3n) is 2.51. The summed E-state index contributed by atoms with van der Waals surface area (Å²) in [5.41, 5.74) is 5.34. The van der Waals surface area contributed by atoms with Crippen molar-refractivity contribution >= 4 is 17.6 Å². The summed E-state index contributed by atoms with van der Waals surface area (Å²) in [6.45, 7) is 1.71. The van der Waals surface area contributed by atoms with Crippen molar-refractivity contribution in [3.05, 3.63) is 34.9 Å². The van der Waals surface area contributed by atoms with Gasteiger partial charge in [0.05, 0.1) is 5.41 Å². The molecule has 0 aliphatic carbocycles. The Labute approximate surface area is 93.9 Å². The van der Waals surface area contributed by atoms with Gasteiger partial charge in [-0.2, -0.15) is 0 Å². The molecule has 0 saturated heterocycles. The number of carbonyl (C=O) groups is 1. The fourth-order valence-corrected chi connectivity index (χ4v) is 1.50. The Balaban J connectivity index is 2.94. The summed E-state index contributed by atoms with van der Waals surface area (Å²) in [5, 5.41) is 9.64. The van der Waals surface area contributed by atoms with Gasteiger partial charge in [-0.25, -0.2) is 0 Å². The summed E-state index contributed by atoms with van der Waals surface area (Å²) in [7, 11) is 0. The van der Waals surface area contributed by atoms with Crippen molar-refractivity contribution in [3.8, 4) is 0 Å². The molecule has 4 heteroatoms. The number of rotatable bonds is 4. The van der Waals surface area contributed by atoms with Crippen molar-refractivity contribution in [2.75, 3.05) is 6.54 Å². The molecule has 3 N–H and O–H groups in total. The van der Waals surface area contributed by atoms with Crippen molar-refractivity contribution in [3.63, 3.8) is 0 Å². The van der Waals surface area contributed by atoms with Gasteiger partial charge in [-0.05, 0) is 25.0 Å². The first kappa shape index (κ1) is 12.0. The zero-order valence-corrected chi connectivity index (χ0v) is 9.29. The molecule has 1 atom stereocenters. The zero-order valence-electron chi connectivity index (χ0n) is 8.53. The number of nitrogens with two attached hydrogens (primary N) is 1. The highest BCUT2D eigenvalue weighted by molar-refractivity contribution is 6.31. The van der Waals surface area contributed by atoms with Gasteiger partial charge >= 0.3 is 5.97 Å². The second-order valence-electron chi connectivity index (χ2n) is 3.84. The van der Waals surface area contributed by atoms with Crippen LogP contribution >= 0.6 is 11.6 Å². The molecule has 15 heavy (non-hydrogen) atoms. The van der Waals surface area contributed by atoms with E-state index in [0.717, 1.165) is 5.56 Å². The molecule has 0 fully saturated rings. The number of hydrogen-bond donors (Lipinski definition) is 2. The smallest absolute Gasteiger partial charge is 0.310 e. The van der Waals surface area contributed by atoms with Gasteiger partial charge in [0.25, 0.3) is 0 Å². The molecule has 0 unspecified atom stereocenters. The number of carboxylic acid groups (broad SMARTS) is 1. The van der Waals surface area contributed by atoms with Crippen LogP contribution in [0.2, 0.25) is 5.02 Å². The highest BCUT2D eigenvalue weighted by Crippen LogP contribution is 2.26. The third kappa shape index (κ3) is 2.70. The van der Waals surface area contributed by atoms with Crippen molar-refractivity contribution in [2.24, 2.45) is 11.1 Å². The van der Waals surface area contributed by atoms with Gasteiger partial charge in [-0.3, -0.25) is 4.79 Å². The monoisotopic (exact) mass is 227 g/mol. The van der Waals surface area contributed by atoms with Crippen LogP contribution < -0.4 is 5.73 Å². The lowest BCUT2D eigenvalue weighted by atomic mass is 9.84. The lowest BCUT2D eigenvalue weighted by Crippen LogP contribution is -2.37. The van der Waals surface area contributed by atoms with Crippen LogP contribution in [-0.4, -0.2) is 17.6 Å². The number of carboxylic acids is 1. The van der Waals surface area contributed by atoms with E-state index in [4.69, 9.17) is 22.4 Å². The van der Waals surface area contributed by atoms with Gasteiger partial charge in [0.2, 0.25) is 0 Å². The highest BCUT2D eigenvalue weighted by atomic mass is 35.5. The average molecular weight is 228 g/mol. The van der Waals surface area contributed by atoms with Gasteiger partial charge in [0.1, 0.15) is 0 Å². The molecule has 0 saturated carbocycles. The van der Waals surface area contributed by atoms with E-state index >= 15 is 0 Å². The molecule has 0 amide bonds. The molecule has 1 aromatic carbocycles. The van der Waals surface area contributed by atoms with Crippen LogP contribution in [0.15, 0.2) is 24.3 Å². The molecule has 0 aromatic heterocycles. The highest BCUT2D eigenvalue weighted by Gasteiger charge is 2.32. The maximum atomic E-state index is 11.0. The molecule has 0 spiro atoms. The van der Waals surface area contributed by atoms with E-state index in [1.165, 1.54) is 0 Å². The fraction of sp³-hybridized carbons (Fsp3) is 0.364. The molecule has 82 valence electrons. The molecule has 0 aliphatic rings. The van der Waals surface area contributed by atoms with Crippen LogP contribution in [-0.2, 0) is 11.2 Å². The second-order valence-corrected chi connectivity index (χ2v) is 4.25. The molecule has 1 rings (SSSR count). The predicted octanol–water partition coefficient (Wildman–Crippen LogP) is 1.93. The minimum Gasteiger partial charge on any atom is -0.481 e. The molecule has 0 radical (unpaired) electrons. The lowest BCUT2D eigenvalue weighted by molar-refractivity contribution is -0.147. The van der Waals surface area contributed by atoms with E-state index in [2.05, 4.69) is 0 Å². The van der Waals surface area contributed by atoms with Crippen molar-refractivity contribution in [1.29, 1.82) is 0 Å². The van der Waals surface area contributed by atoms with E-state index in [9.17, 15) is 4.79 Å². The van der Waals surface area contributed by atoms with Crippen molar-refractivity contribution < 1.29 is 9.90 Å². The van der Waals surface area contributed by atoms with Gasteiger partial charge < -0.3 is 10.8 Å². The first-order chi connectivity index (χ1) is 6.99. The average Bonchev–Trinajstić information content (AvgIpc) is 2.21. The lowest BCUT2D eigenvalue weighted by Gasteiger charge is -2.23. The van der Waals surface area contributed by atoms with Crippen molar-refractivity contribution in [1.82, 2.24) is 0 Å². The van der Waals surface area contributed by atoms with Crippen LogP contribution in [0.3, 0.4) is 0 Å². The maximum absolute atomic E-state index is 11.0. The van der Waals surface area contributed by atoms with Crippen LogP contribution in [0, 0.1) is 5.41 Å². The maximum Gasteiger partial charge on any atom is 0.310 e. The van der Waals surface area contributed by atoms with Crippen LogP contribution in [0.5, 0.6) is 0 Å². The quantitative estimate of drug-likeness (QED) is 0.826. The molecular weight excluding hydrogens is 214 g/mol. The van der Waals surface area contributed by atoms with Gasteiger partial charge in [0.15, 0.2) is 0 Å². The molecule has 0 aliphatic heterocycles. The molecule has 0 bridgehead atoms. The molecule has 3 nitrogen and oxygen atoms in total. The van der Waals surface area contributed by atoms with E-state index in [0.29, 0.717) is 11.4 Å². The van der Waals surface area contributed by atoms with E-state index in [1.54, 1.807) is 13.0 Å². The predicted molar refractivity (Wildman–Crippen MR) is 60.0 cm³/mol. The molecule has 0 heterocycles. The van der Waals surface area contributed by atoms with Gasteiger partial charge in [-0.1, -0.05) is 29.8 Å². The standard InChI is InChI=1S/C11H14ClNO2/c1-11(7-13,10(14)15)6-8-4-2-3-5-9(8)12/h2-5H,6-7,13H2,1H3,(H,14,15)/t11-/m1/s1. The number of halogens is 1. The summed E-state index contributed by atoms with van der Waals surface area (Å²) in [4.78, 5) is 11.0. The Bertz CT molecular complexity index is 367. The first-order valence-electron chi connectivity index (χ1n) is 4.66. The van der Waals surface area contributed by atoms with Crippen molar-refractivity contribution in [2.45, 2.75) is 13.3 Å². The van der Waals surface area contributed by atoms with E-state index in [-0.39, 0.29) is 6.54 Å². The summed E-state index contributed by atoms with van der Waals surface area (Å²) in [6.07, 6.45) is 0.346. The summed E-state index contributed by atoms with van der Waals surface area (Å²) >= 11 is 5.96. The van der Waals surface area contributed by atoms with E-state index < -0.39 is 11.4 Å². The van der Waals surface area contributed by atoms with E-state index in [1.807, 2.05) is 18.2 Å². The number of hydrogen-bond acceptors (Lipinski definition) is 2. The van der Waals surface area contributed by atoms with Gasteiger partial charge in [-0.15, -0.1) is 0 Å². The van der Waals surface area contributed by atoms with Crippen LogP contribution in [0.25, 0.3) is 0 Å². The fourth-order valence-electron chi connectivity index (χ4n) is 1.30. The Morgan fingerprint density at radius 2 is 2.13 bits per heavy atom. The van der Waals surface area contributed by atoms with Gasteiger partial charge in [0, 0.05) is 11.6 Å². The SMILES string of the molecule is C[C@](CN)(Cc1ccccc1Cl)C(=O)O. The Hall–Kier alpha value is -1.06. The summed E-state index contributed by atoms with van der Waals surface area (Å²) < 4.78 is 0. The Morgan fingerprint density at radius 3 is 2.60 bits per heavy atom. The summed E-state index contributed by atoms with van der Waals surface area (Å²) in [5.74, 6) is -0.898. The molecule has 1 aromatic rings. The normalized spacial score (nSPS) is 14.6. The number of benzene rings is 1. The first-order valence-corrected chi connectivity index (χ1v) is 5.04. The third-order valence-corrected chi connectivity index (χ3v) is 2.87. The zero-order chi connectivity index (χ0) is 11.5. The molecular formula is C11H14ClNO2. The van der Waals surface area contributed by atoms with Crippen LogP contribution in [0.4, 0.5) is 0 Å². The number of aliphatic carboxylic acids is 1. The van der Waals surface area contributed by atoms with Crippen LogP contribution in [0.1, 0.15) is 12.5 Å². The largest absolute Gasteiger partial charge is 0.481 e. The Morgan fingerprint density at radius 1 is 1.53 bits per heavy atom. The second kappa shape index (κ2) is 4.64. The topological polar surface area (TPSA) is 63.3 Å². The summed E-state index contributed by atoms with van der Waals surface area (Å²) in [6, 6.07) is 7.21. The minimum atomic E-state index is -0.953.